The number of nitrogens with one attached hydrogen (secondary N) is 1. The third kappa shape index (κ3) is 5.07. The molecule has 1 heterocycles. The first-order valence-corrected chi connectivity index (χ1v) is 6.43. The van der Waals surface area contributed by atoms with Crippen molar-refractivity contribution in [1.82, 2.24) is 9.88 Å². The van der Waals surface area contributed by atoms with Crippen LogP contribution in [0.2, 0.25) is 0 Å². The van der Waals surface area contributed by atoms with Crippen molar-refractivity contribution < 1.29 is 18.0 Å². The molecule has 112 valence electrons. The van der Waals surface area contributed by atoms with Crippen molar-refractivity contribution in [2.75, 3.05) is 25.0 Å². The van der Waals surface area contributed by atoms with E-state index >= 15 is 0 Å². The zero-order chi connectivity index (χ0) is 15.2. The smallest absolute Gasteiger partial charge is 0.385 e. The molecule has 1 aromatic heterocycles. The molecule has 0 unspecified atom stereocenters. The lowest BCUT2D eigenvalue weighted by Gasteiger charge is -2.22. The van der Waals surface area contributed by atoms with Gasteiger partial charge in [-0.3, -0.25) is 9.78 Å². The Bertz CT molecular complexity index is 449. The second-order valence-corrected chi connectivity index (χ2v) is 4.29. The van der Waals surface area contributed by atoms with Crippen LogP contribution in [-0.4, -0.2) is 41.6 Å². The number of pyridine rings is 1. The van der Waals surface area contributed by atoms with Crippen LogP contribution in [-0.2, 0) is 0 Å². The molecule has 0 aliphatic rings. The Morgan fingerprint density at radius 1 is 1.40 bits per heavy atom. The summed E-state index contributed by atoms with van der Waals surface area (Å²) in [6, 6.07) is 3.14. The highest BCUT2D eigenvalue weighted by atomic mass is 19.4. The molecule has 1 aromatic rings. The second-order valence-electron chi connectivity index (χ2n) is 4.29. The predicted octanol–water partition coefficient (Wildman–Crippen LogP) is 2.93. The summed E-state index contributed by atoms with van der Waals surface area (Å²) in [5, 5.41) is 3.06. The number of rotatable bonds is 6. The third-order valence-corrected chi connectivity index (χ3v) is 2.60. The highest BCUT2D eigenvalue weighted by Gasteiger charge is 2.33. The number of anilines is 1. The summed E-state index contributed by atoms with van der Waals surface area (Å²) in [5.41, 5.74) is 0.686. The summed E-state index contributed by atoms with van der Waals surface area (Å²) in [5.74, 6) is -0.718. The monoisotopic (exact) mass is 289 g/mol. The summed E-state index contributed by atoms with van der Waals surface area (Å²) >= 11 is 0. The quantitative estimate of drug-likeness (QED) is 0.875. The molecule has 0 saturated heterocycles. The van der Waals surface area contributed by atoms with Gasteiger partial charge in [-0.2, -0.15) is 13.2 Å². The Hall–Kier alpha value is -1.79. The fraction of sp³-hybridized carbons (Fsp3) is 0.538. The highest BCUT2D eigenvalue weighted by molar-refractivity contribution is 5.93. The molecule has 1 amide bonds. The molecular weight excluding hydrogens is 271 g/mol. The molecule has 0 aliphatic heterocycles. The molecule has 0 fully saturated rings. The molecule has 20 heavy (non-hydrogen) atoms. The van der Waals surface area contributed by atoms with Gasteiger partial charge in [-0.1, -0.05) is 6.92 Å². The average Bonchev–Trinajstić information content (AvgIpc) is 2.41. The Morgan fingerprint density at radius 2 is 2.10 bits per heavy atom. The number of amides is 1. The minimum absolute atomic E-state index is 0.0113. The van der Waals surface area contributed by atoms with Crippen LogP contribution in [0.3, 0.4) is 0 Å². The Kier molecular flexibility index (Phi) is 5.79. The van der Waals surface area contributed by atoms with Crippen molar-refractivity contribution >= 4 is 11.6 Å². The second kappa shape index (κ2) is 7.12. The number of alkyl halides is 3. The van der Waals surface area contributed by atoms with Crippen LogP contribution in [0.15, 0.2) is 18.3 Å². The van der Waals surface area contributed by atoms with E-state index in [0.29, 0.717) is 5.69 Å². The van der Waals surface area contributed by atoms with E-state index in [2.05, 4.69) is 10.3 Å². The summed E-state index contributed by atoms with van der Waals surface area (Å²) in [6.07, 6.45) is -2.10. The van der Waals surface area contributed by atoms with E-state index in [1.165, 1.54) is 19.2 Å². The summed E-state index contributed by atoms with van der Waals surface area (Å²) in [7, 11) is 0. The van der Waals surface area contributed by atoms with Gasteiger partial charge >= 0.3 is 6.18 Å². The average molecular weight is 289 g/mol. The standard InChI is InChI=1S/C13H18F3N3O/c1-3-6-17-10-5-7-18-11(8-10)12(20)19(4-2)9-13(14,15)16/h5,7-8H,3-4,6,9H2,1-2H3,(H,17,18). The number of carbonyl (C=O) groups is 1. The Morgan fingerprint density at radius 3 is 2.65 bits per heavy atom. The minimum atomic E-state index is -4.41. The van der Waals surface area contributed by atoms with Crippen molar-refractivity contribution in [2.24, 2.45) is 0 Å². The number of carbonyl (C=O) groups excluding carboxylic acids is 1. The van der Waals surface area contributed by atoms with E-state index in [1.54, 1.807) is 6.07 Å². The van der Waals surface area contributed by atoms with Crippen LogP contribution < -0.4 is 5.32 Å². The molecule has 0 atom stereocenters. The van der Waals surface area contributed by atoms with Gasteiger partial charge in [0.2, 0.25) is 0 Å². The molecule has 0 bridgehead atoms. The first kappa shape index (κ1) is 16.3. The van der Waals surface area contributed by atoms with E-state index in [9.17, 15) is 18.0 Å². The Labute approximate surface area is 116 Å². The largest absolute Gasteiger partial charge is 0.406 e. The number of hydrogen-bond donors (Lipinski definition) is 1. The van der Waals surface area contributed by atoms with Crippen LogP contribution in [0.5, 0.6) is 0 Å². The number of halogens is 3. The molecule has 1 rings (SSSR count). The van der Waals surface area contributed by atoms with E-state index < -0.39 is 18.6 Å². The highest BCUT2D eigenvalue weighted by Crippen LogP contribution is 2.18. The lowest BCUT2D eigenvalue weighted by molar-refractivity contribution is -0.140. The molecule has 7 heteroatoms. The zero-order valence-corrected chi connectivity index (χ0v) is 11.5. The molecule has 0 saturated carbocycles. The van der Waals surface area contributed by atoms with E-state index in [4.69, 9.17) is 0 Å². The maximum atomic E-state index is 12.4. The number of nitrogens with zero attached hydrogens (tertiary/aromatic N) is 2. The maximum Gasteiger partial charge on any atom is 0.406 e. The molecule has 0 radical (unpaired) electrons. The van der Waals surface area contributed by atoms with Crippen molar-refractivity contribution in [2.45, 2.75) is 26.4 Å². The molecule has 0 aliphatic carbocycles. The lowest BCUT2D eigenvalue weighted by atomic mass is 10.2. The van der Waals surface area contributed by atoms with Crippen LogP contribution in [0.4, 0.5) is 18.9 Å². The zero-order valence-electron chi connectivity index (χ0n) is 11.5. The van der Waals surface area contributed by atoms with Gasteiger partial charge in [0.1, 0.15) is 12.2 Å². The molecule has 4 nitrogen and oxygen atoms in total. The van der Waals surface area contributed by atoms with Gasteiger partial charge in [0.05, 0.1) is 0 Å². The van der Waals surface area contributed by atoms with Gasteiger partial charge in [0.25, 0.3) is 5.91 Å². The van der Waals surface area contributed by atoms with Crippen molar-refractivity contribution in [1.29, 1.82) is 0 Å². The Balaban J connectivity index is 2.84. The topological polar surface area (TPSA) is 45.2 Å². The van der Waals surface area contributed by atoms with Crippen LogP contribution >= 0.6 is 0 Å². The fourth-order valence-corrected chi connectivity index (χ4v) is 1.63. The van der Waals surface area contributed by atoms with E-state index in [1.807, 2.05) is 6.92 Å². The molecule has 1 N–H and O–H groups in total. The third-order valence-electron chi connectivity index (χ3n) is 2.60. The van der Waals surface area contributed by atoms with Gasteiger partial charge in [0, 0.05) is 25.0 Å². The van der Waals surface area contributed by atoms with Gasteiger partial charge in [-0.15, -0.1) is 0 Å². The summed E-state index contributed by atoms with van der Waals surface area (Å²) in [4.78, 5) is 16.6. The van der Waals surface area contributed by atoms with Crippen molar-refractivity contribution in [3.63, 3.8) is 0 Å². The van der Waals surface area contributed by atoms with Crippen LogP contribution in [0, 0.1) is 0 Å². The minimum Gasteiger partial charge on any atom is -0.385 e. The van der Waals surface area contributed by atoms with Crippen LogP contribution in [0.25, 0.3) is 0 Å². The normalized spacial score (nSPS) is 11.2. The first-order valence-electron chi connectivity index (χ1n) is 6.43. The van der Waals surface area contributed by atoms with Gasteiger partial charge in [-0.25, -0.2) is 0 Å². The molecule has 0 aromatic carbocycles. The van der Waals surface area contributed by atoms with E-state index in [0.717, 1.165) is 17.9 Å². The maximum absolute atomic E-state index is 12.4. The number of aromatic nitrogens is 1. The van der Waals surface area contributed by atoms with E-state index in [-0.39, 0.29) is 12.2 Å². The number of hydrogen-bond acceptors (Lipinski definition) is 3. The van der Waals surface area contributed by atoms with Crippen molar-refractivity contribution in [3.05, 3.63) is 24.0 Å². The van der Waals surface area contributed by atoms with Gasteiger partial charge < -0.3 is 10.2 Å². The summed E-state index contributed by atoms with van der Waals surface area (Å²) < 4.78 is 37.2. The van der Waals surface area contributed by atoms with Gasteiger partial charge in [-0.05, 0) is 25.5 Å². The van der Waals surface area contributed by atoms with Gasteiger partial charge in [0.15, 0.2) is 0 Å². The predicted molar refractivity (Wildman–Crippen MR) is 70.7 cm³/mol. The molecular formula is C13H18F3N3O. The van der Waals surface area contributed by atoms with Crippen LogP contribution in [0.1, 0.15) is 30.8 Å². The van der Waals surface area contributed by atoms with Crippen molar-refractivity contribution in [3.8, 4) is 0 Å². The first-order chi connectivity index (χ1) is 9.37. The molecule has 0 spiro atoms. The lowest BCUT2D eigenvalue weighted by Crippen LogP contribution is -2.39. The summed E-state index contributed by atoms with van der Waals surface area (Å²) in [6.45, 7) is 2.92. The fourth-order valence-electron chi connectivity index (χ4n) is 1.63. The SMILES string of the molecule is CCCNc1ccnc(C(=O)N(CC)CC(F)(F)F)c1.